The summed E-state index contributed by atoms with van der Waals surface area (Å²) >= 11 is 0. The standard InChI is InChI=1S/C58H93N13O14/c1-13-29(6)42(67-49(77)38(60-12)25-35-21-19-18-20-22-35)53(81)64-39(27-72)50(78)63-37(23-24-41(59)74)48(76)66-44(31(8)15-3)55(83)68-43(30(7)14-2)54(82)65-40(28-73)51(79)69-46-33(10)61-52(80)45(32(9)16-4)70-57(85)58(26-36(58)17-5)71-47(75)34(11)62-56(46)84/h17-22,29-34,36-40,42-46,60,72-73H,5,13-16,23-28H2,1-4,6-12H3,(H2,59,74)(H,61,80)(H,62,84)(H,63,78)(H,64,81)(H,65,82)(H,66,76)(H,67,77)(H,68,83)(H,69,79)(H,70,85)(H,71,75)/t29-,30-,31-,32-,33-,34-,36+,37+,38+,39-,40-,42-,43-,44+,45-,46+,58+/m0/s1. The Balaban J connectivity index is 1.85. The van der Waals surface area contributed by atoms with Crippen molar-refractivity contribution < 1.29 is 67.7 Å². The second-order valence-electron chi connectivity index (χ2n) is 22.6. The van der Waals surface area contributed by atoms with Crippen LogP contribution in [-0.4, -0.2) is 173 Å². The number of aliphatic hydroxyl groups is 2. The normalized spacial score (nSPS) is 23.7. The SMILES string of the molecule is C=C[C@@H]1C[C@@]12NC(=O)[C@H](C)NC(=O)[C@H](NC(=O)[C@H](CO)NC(=O)[C@@H](NC(=O)[C@H](NC(=O)[C@@H](CCC(N)=O)NC(=O)[C@H](CO)NC(=O)[C@@H](NC(=O)[C@@H](Cc1ccccc1)NC)[C@@H](C)CC)[C@@H](C)CC)[C@@H](C)CC)[C@H](C)NC(=O)[C@H]([C@@H](C)CC)NC2=O. The summed E-state index contributed by atoms with van der Waals surface area (Å²) in [6.45, 7) is 18.2. The summed E-state index contributed by atoms with van der Waals surface area (Å²) in [7, 11) is 1.60. The number of benzene rings is 1. The van der Waals surface area contributed by atoms with E-state index >= 15 is 0 Å². The first-order valence-electron chi connectivity index (χ1n) is 29.3. The van der Waals surface area contributed by atoms with Gasteiger partial charge in [0, 0.05) is 12.3 Å². The van der Waals surface area contributed by atoms with E-state index in [1.165, 1.54) is 19.9 Å². The highest BCUT2D eigenvalue weighted by atomic mass is 16.3. The Morgan fingerprint density at radius 2 is 1.11 bits per heavy atom. The lowest BCUT2D eigenvalue weighted by atomic mass is 9.94. The van der Waals surface area contributed by atoms with Gasteiger partial charge in [0.1, 0.15) is 59.9 Å². The number of amides is 12. The van der Waals surface area contributed by atoms with Crippen LogP contribution in [0.15, 0.2) is 43.0 Å². The van der Waals surface area contributed by atoms with E-state index in [1.807, 2.05) is 30.3 Å². The zero-order chi connectivity index (χ0) is 64.0. The number of carbonyl (C=O) groups is 12. The van der Waals surface area contributed by atoms with E-state index in [0.29, 0.717) is 19.3 Å². The number of nitrogens with one attached hydrogen (secondary N) is 12. The number of rotatable bonds is 31. The largest absolute Gasteiger partial charge is 0.394 e. The highest BCUT2D eigenvalue weighted by Gasteiger charge is 2.60. The number of aliphatic hydroxyl groups excluding tert-OH is 2. The molecule has 474 valence electrons. The monoisotopic (exact) mass is 1200 g/mol. The minimum absolute atomic E-state index is 0.197. The van der Waals surface area contributed by atoms with Gasteiger partial charge in [-0.2, -0.15) is 0 Å². The number of hydrogen-bond acceptors (Lipinski definition) is 15. The van der Waals surface area contributed by atoms with Crippen molar-refractivity contribution in [3.05, 3.63) is 48.6 Å². The summed E-state index contributed by atoms with van der Waals surface area (Å²) in [5, 5.41) is 52.4. The zero-order valence-electron chi connectivity index (χ0n) is 50.9. The lowest BCUT2D eigenvalue weighted by Gasteiger charge is -2.32. The quantitative estimate of drug-likeness (QED) is 0.0335. The number of likely N-dealkylation sites (N-methyl/N-ethyl adjacent to an activating group) is 1. The molecule has 1 saturated heterocycles. The average molecular weight is 1200 g/mol. The predicted octanol–water partition coefficient (Wildman–Crippen LogP) is -2.79. The molecule has 1 aliphatic heterocycles. The van der Waals surface area contributed by atoms with Gasteiger partial charge in [-0.1, -0.05) is 117 Å². The Bertz CT molecular complexity index is 2540. The van der Waals surface area contributed by atoms with Crippen LogP contribution in [0.1, 0.15) is 120 Å². The van der Waals surface area contributed by atoms with E-state index in [9.17, 15) is 67.7 Å². The molecule has 1 aliphatic carbocycles. The summed E-state index contributed by atoms with van der Waals surface area (Å²) in [5.41, 5.74) is 4.88. The van der Waals surface area contributed by atoms with Crippen molar-refractivity contribution in [1.29, 1.82) is 0 Å². The van der Waals surface area contributed by atoms with E-state index < -0.39 is 199 Å². The summed E-state index contributed by atoms with van der Waals surface area (Å²) in [6.07, 6.45) is 2.58. The third-order valence-electron chi connectivity index (χ3n) is 16.3. The minimum Gasteiger partial charge on any atom is -0.394 e. The van der Waals surface area contributed by atoms with Crippen LogP contribution in [0, 0.1) is 29.6 Å². The number of carbonyl (C=O) groups excluding carboxylic acids is 12. The highest BCUT2D eigenvalue weighted by molar-refractivity contribution is 6.02. The van der Waals surface area contributed by atoms with Crippen LogP contribution in [0.4, 0.5) is 0 Å². The molecule has 0 bridgehead atoms. The topological polar surface area (TPSA) is 416 Å². The van der Waals surface area contributed by atoms with Crippen LogP contribution in [0.25, 0.3) is 0 Å². The molecule has 2 aliphatic rings. The fraction of sp³-hybridized carbons (Fsp3) is 0.655. The third-order valence-corrected chi connectivity index (χ3v) is 16.3. The van der Waals surface area contributed by atoms with Crippen molar-refractivity contribution in [3.8, 4) is 0 Å². The van der Waals surface area contributed by atoms with Crippen LogP contribution in [0.2, 0.25) is 0 Å². The van der Waals surface area contributed by atoms with Crippen molar-refractivity contribution >= 4 is 70.9 Å². The maximum Gasteiger partial charge on any atom is 0.247 e. The highest BCUT2D eigenvalue weighted by Crippen LogP contribution is 2.45. The van der Waals surface area contributed by atoms with Crippen molar-refractivity contribution in [2.24, 2.45) is 35.3 Å². The van der Waals surface area contributed by atoms with Crippen molar-refractivity contribution in [2.75, 3.05) is 20.3 Å². The van der Waals surface area contributed by atoms with Gasteiger partial charge in [-0.3, -0.25) is 57.5 Å². The zero-order valence-corrected chi connectivity index (χ0v) is 50.9. The van der Waals surface area contributed by atoms with E-state index in [2.05, 4.69) is 70.4 Å². The maximum atomic E-state index is 14.4. The smallest absolute Gasteiger partial charge is 0.247 e. The molecule has 1 heterocycles. The number of nitrogens with two attached hydrogens (primary N) is 1. The van der Waals surface area contributed by atoms with Gasteiger partial charge in [0.2, 0.25) is 70.9 Å². The first-order valence-corrected chi connectivity index (χ1v) is 29.3. The van der Waals surface area contributed by atoms with E-state index in [1.54, 1.807) is 62.4 Å². The lowest BCUT2D eigenvalue weighted by Crippen LogP contribution is -2.64. The van der Waals surface area contributed by atoms with Crippen LogP contribution in [-0.2, 0) is 64.0 Å². The molecule has 85 heavy (non-hydrogen) atoms. The van der Waals surface area contributed by atoms with Gasteiger partial charge in [-0.25, -0.2) is 0 Å². The Kier molecular flexibility index (Phi) is 28.6. The fourth-order valence-electron chi connectivity index (χ4n) is 9.54. The van der Waals surface area contributed by atoms with Crippen LogP contribution in [0.3, 0.4) is 0 Å². The van der Waals surface area contributed by atoms with Gasteiger partial charge in [0.05, 0.1) is 25.3 Å². The van der Waals surface area contributed by atoms with E-state index in [0.717, 1.165) is 5.56 Å². The summed E-state index contributed by atoms with van der Waals surface area (Å²) in [6, 6.07) is -5.89. The molecule has 27 heteroatoms. The van der Waals surface area contributed by atoms with Crippen LogP contribution >= 0.6 is 0 Å². The molecule has 16 N–H and O–H groups in total. The molecule has 1 saturated carbocycles. The average Bonchev–Trinajstić information content (AvgIpc) is 2.26. The molecule has 17 atom stereocenters. The Labute approximate surface area is 497 Å². The first-order chi connectivity index (χ1) is 40.1. The van der Waals surface area contributed by atoms with E-state index in [-0.39, 0.29) is 19.3 Å². The maximum absolute atomic E-state index is 14.4. The molecular formula is C58H93N13O14. The second-order valence-corrected chi connectivity index (χ2v) is 22.6. The molecule has 0 aromatic heterocycles. The first kappa shape index (κ1) is 71.7. The number of primary amides is 1. The van der Waals surface area contributed by atoms with Gasteiger partial charge in [-0.05, 0) is 69.4 Å². The molecular weight excluding hydrogens is 1100 g/mol. The van der Waals surface area contributed by atoms with Gasteiger partial charge in [0.25, 0.3) is 0 Å². The Morgan fingerprint density at radius 1 is 0.635 bits per heavy atom. The summed E-state index contributed by atoms with van der Waals surface area (Å²) in [4.78, 5) is 165. The summed E-state index contributed by atoms with van der Waals surface area (Å²) < 4.78 is 0. The minimum atomic E-state index is -1.78. The van der Waals surface area contributed by atoms with Crippen LogP contribution < -0.4 is 69.5 Å². The molecule has 1 aromatic rings. The lowest BCUT2D eigenvalue weighted by molar-refractivity contribution is -0.138. The third kappa shape index (κ3) is 20.0. The van der Waals surface area contributed by atoms with Gasteiger partial charge in [0.15, 0.2) is 0 Å². The van der Waals surface area contributed by atoms with E-state index in [4.69, 9.17) is 5.73 Å². The molecule has 1 aromatic carbocycles. The van der Waals surface area contributed by atoms with Crippen molar-refractivity contribution in [2.45, 2.75) is 193 Å². The van der Waals surface area contributed by atoms with Gasteiger partial charge < -0.3 is 79.7 Å². The van der Waals surface area contributed by atoms with Crippen LogP contribution in [0.5, 0.6) is 0 Å². The van der Waals surface area contributed by atoms with Gasteiger partial charge >= 0.3 is 0 Å². The molecule has 1 spiro atoms. The number of hydrogen-bond donors (Lipinski definition) is 15. The molecule has 2 fully saturated rings. The second kappa shape index (κ2) is 33.8. The Morgan fingerprint density at radius 3 is 1.56 bits per heavy atom. The van der Waals surface area contributed by atoms with Crippen molar-refractivity contribution in [1.82, 2.24) is 63.8 Å². The Hall–Kier alpha value is -7.52. The molecule has 27 nitrogen and oxygen atoms in total. The fourth-order valence-corrected chi connectivity index (χ4v) is 9.54. The summed E-state index contributed by atoms with van der Waals surface area (Å²) in [5.74, 6) is -12.8. The molecule has 3 rings (SSSR count). The van der Waals surface area contributed by atoms with Gasteiger partial charge in [-0.15, -0.1) is 6.58 Å². The van der Waals surface area contributed by atoms with Crippen molar-refractivity contribution in [3.63, 3.8) is 0 Å². The molecule has 12 amide bonds. The molecule has 0 unspecified atom stereocenters. The predicted molar refractivity (Wildman–Crippen MR) is 313 cm³/mol. The molecule has 0 radical (unpaired) electrons.